The molecule has 1 fully saturated rings. The first-order chi connectivity index (χ1) is 8.99. The van der Waals surface area contributed by atoms with Crippen molar-refractivity contribution in [3.8, 4) is 0 Å². The number of carbonyl (C=O) groups is 1. The van der Waals surface area contributed by atoms with E-state index in [-0.39, 0.29) is 11.9 Å². The van der Waals surface area contributed by atoms with Crippen molar-refractivity contribution in [3.05, 3.63) is 0 Å². The topological polar surface area (TPSA) is 44.4 Å². The molecule has 1 saturated carbocycles. The summed E-state index contributed by atoms with van der Waals surface area (Å²) >= 11 is 0. The van der Waals surface area contributed by atoms with Crippen LogP contribution >= 0.6 is 0 Å². The first-order valence-electron chi connectivity index (χ1n) is 7.70. The maximum Gasteiger partial charge on any atom is 0.237 e. The van der Waals surface area contributed by atoms with Crippen LogP contribution in [0.15, 0.2) is 0 Å². The molecule has 112 valence electrons. The third kappa shape index (κ3) is 6.92. The number of hydrogen-bond acceptors (Lipinski definition) is 3. The van der Waals surface area contributed by atoms with Crippen molar-refractivity contribution in [3.63, 3.8) is 0 Å². The monoisotopic (exact) mass is 269 g/mol. The number of rotatable bonds is 7. The molecular formula is C15H31N3O. The molecule has 4 nitrogen and oxygen atoms in total. The van der Waals surface area contributed by atoms with Gasteiger partial charge in [-0.25, -0.2) is 0 Å². The Bertz CT molecular complexity index is 262. The lowest BCUT2D eigenvalue weighted by molar-refractivity contribution is -0.123. The summed E-state index contributed by atoms with van der Waals surface area (Å²) in [4.78, 5) is 14.3. The molecule has 0 heterocycles. The van der Waals surface area contributed by atoms with Crippen molar-refractivity contribution < 1.29 is 4.79 Å². The molecule has 1 rings (SSSR count). The highest BCUT2D eigenvalue weighted by atomic mass is 16.2. The first-order valence-corrected chi connectivity index (χ1v) is 7.70. The molecule has 0 spiro atoms. The van der Waals surface area contributed by atoms with Gasteiger partial charge in [0.05, 0.1) is 6.04 Å². The van der Waals surface area contributed by atoms with Gasteiger partial charge in [0.1, 0.15) is 0 Å². The van der Waals surface area contributed by atoms with Gasteiger partial charge in [-0.2, -0.15) is 0 Å². The van der Waals surface area contributed by atoms with E-state index in [2.05, 4.69) is 36.6 Å². The SMILES string of the molecule is CC(CCN(C)C)NC(C)C(=O)NC1CCCCC1. The van der Waals surface area contributed by atoms with Crippen LogP contribution in [0.25, 0.3) is 0 Å². The molecule has 2 N–H and O–H groups in total. The van der Waals surface area contributed by atoms with E-state index in [1.165, 1.54) is 19.3 Å². The number of nitrogens with zero attached hydrogens (tertiary/aromatic N) is 1. The highest BCUT2D eigenvalue weighted by Gasteiger charge is 2.20. The molecule has 1 aliphatic carbocycles. The van der Waals surface area contributed by atoms with Gasteiger partial charge in [0.15, 0.2) is 0 Å². The Balaban J connectivity index is 2.23. The van der Waals surface area contributed by atoms with Crippen LogP contribution in [-0.2, 0) is 4.79 Å². The Hall–Kier alpha value is -0.610. The minimum absolute atomic E-state index is 0.0981. The predicted octanol–water partition coefficient (Wildman–Crippen LogP) is 1.75. The summed E-state index contributed by atoms with van der Waals surface area (Å²) < 4.78 is 0. The molecule has 0 aliphatic heterocycles. The Morgan fingerprint density at radius 3 is 2.42 bits per heavy atom. The molecule has 4 heteroatoms. The van der Waals surface area contributed by atoms with Crippen molar-refractivity contribution in [2.24, 2.45) is 0 Å². The fraction of sp³-hybridized carbons (Fsp3) is 0.933. The lowest BCUT2D eigenvalue weighted by Gasteiger charge is -2.26. The average molecular weight is 269 g/mol. The minimum Gasteiger partial charge on any atom is -0.352 e. The number of nitrogens with one attached hydrogen (secondary N) is 2. The molecule has 0 aromatic heterocycles. The lowest BCUT2D eigenvalue weighted by atomic mass is 9.95. The van der Waals surface area contributed by atoms with E-state index in [9.17, 15) is 4.79 Å². The lowest BCUT2D eigenvalue weighted by Crippen LogP contribution is -2.49. The molecule has 0 bridgehead atoms. The number of amides is 1. The molecule has 19 heavy (non-hydrogen) atoms. The minimum atomic E-state index is -0.0981. The second-order valence-corrected chi connectivity index (χ2v) is 6.22. The van der Waals surface area contributed by atoms with Crippen molar-refractivity contribution in [2.45, 2.75) is 70.5 Å². The fourth-order valence-corrected chi connectivity index (χ4v) is 2.61. The summed E-state index contributed by atoms with van der Waals surface area (Å²) in [5, 5.41) is 6.56. The normalized spacial score (nSPS) is 20.3. The van der Waals surface area contributed by atoms with Crippen molar-refractivity contribution in [1.29, 1.82) is 0 Å². The highest BCUT2D eigenvalue weighted by molar-refractivity contribution is 5.81. The zero-order chi connectivity index (χ0) is 14.3. The fourth-order valence-electron chi connectivity index (χ4n) is 2.61. The molecule has 0 aromatic carbocycles. The molecule has 1 amide bonds. The van der Waals surface area contributed by atoms with E-state index in [1.54, 1.807) is 0 Å². The third-order valence-corrected chi connectivity index (χ3v) is 3.89. The van der Waals surface area contributed by atoms with Crippen LogP contribution in [0.4, 0.5) is 0 Å². The number of carbonyl (C=O) groups excluding carboxylic acids is 1. The zero-order valence-electron chi connectivity index (χ0n) is 13.0. The van der Waals surface area contributed by atoms with Crippen molar-refractivity contribution in [2.75, 3.05) is 20.6 Å². The van der Waals surface area contributed by atoms with E-state index in [0.29, 0.717) is 12.1 Å². The van der Waals surface area contributed by atoms with Crippen LogP contribution in [-0.4, -0.2) is 49.6 Å². The zero-order valence-corrected chi connectivity index (χ0v) is 13.0. The smallest absolute Gasteiger partial charge is 0.237 e. The molecule has 1 aliphatic rings. The van der Waals surface area contributed by atoms with Crippen molar-refractivity contribution >= 4 is 5.91 Å². The summed E-state index contributed by atoms with van der Waals surface area (Å²) in [6, 6.07) is 0.677. The van der Waals surface area contributed by atoms with Crippen LogP contribution in [0.1, 0.15) is 52.4 Å². The van der Waals surface area contributed by atoms with Crippen LogP contribution in [0.3, 0.4) is 0 Å². The summed E-state index contributed by atoms with van der Waals surface area (Å²) in [7, 11) is 4.15. The number of hydrogen-bond donors (Lipinski definition) is 2. The van der Waals surface area contributed by atoms with Crippen molar-refractivity contribution in [1.82, 2.24) is 15.5 Å². The van der Waals surface area contributed by atoms with Crippen LogP contribution in [0, 0.1) is 0 Å². The van der Waals surface area contributed by atoms with Crippen LogP contribution in [0.2, 0.25) is 0 Å². The third-order valence-electron chi connectivity index (χ3n) is 3.89. The van der Waals surface area contributed by atoms with Gasteiger partial charge < -0.3 is 15.5 Å². The summed E-state index contributed by atoms with van der Waals surface area (Å²) in [6.07, 6.45) is 7.19. The Labute approximate surface area is 118 Å². The summed E-state index contributed by atoms with van der Waals surface area (Å²) in [5.41, 5.74) is 0. The van der Waals surface area contributed by atoms with Gasteiger partial charge >= 0.3 is 0 Å². The molecule has 0 saturated heterocycles. The molecule has 2 unspecified atom stereocenters. The van der Waals surface area contributed by atoms with E-state index in [0.717, 1.165) is 25.8 Å². The quantitative estimate of drug-likeness (QED) is 0.740. The molecule has 0 radical (unpaired) electrons. The Morgan fingerprint density at radius 1 is 1.21 bits per heavy atom. The van der Waals surface area contributed by atoms with Crippen LogP contribution < -0.4 is 10.6 Å². The van der Waals surface area contributed by atoms with Gasteiger partial charge in [0.2, 0.25) is 5.91 Å². The second kappa shape index (κ2) is 8.54. The van der Waals surface area contributed by atoms with Gasteiger partial charge in [-0.05, 0) is 53.8 Å². The average Bonchev–Trinajstić information content (AvgIpc) is 2.37. The predicted molar refractivity (Wildman–Crippen MR) is 80.2 cm³/mol. The van der Waals surface area contributed by atoms with E-state index in [1.807, 2.05) is 6.92 Å². The Kier molecular flexibility index (Phi) is 7.39. The second-order valence-electron chi connectivity index (χ2n) is 6.22. The highest BCUT2D eigenvalue weighted by Crippen LogP contribution is 2.17. The largest absolute Gasteiger partial charge is 0.352 e. The Morgan fingerprint density at radius 2 is 1.84 bits per heavy atom. The summed E-state index contributed by atoms with van der Waals surface area (Å²) in [5.74, 6) is 0.156. The van der Waals surface area contributed by atoms with E-state index >= 15 is 0 Å². The van der Waals surface area contributed by atoms with E-state index < -0.39 is 0 Å². The standard InChI is InChI=1S/C15H31N3O/c1-12(10-11-18(3)4)16-13(2)15(19)17-14-8-6-5-7-9-14/h12-14,16H,5-11H2,1-4H3,(H,17,19). The van der Waals surface area contributed by atoms with Gasteiger partial charge in [-0.1, -0.05) is 19.3 Å². The van der Waals surface area contributed by atoms with Gasteiger partial charge in [-0.3, -0.25) is 4.79 Å². The molecular weight excluding hydrogens is 238 g/mol. The summed E-state index contributed by atoms with van der Waals surface area (Å²) in [6.45, 7) is 5.16. The maximum atomic E-state index is 12.1. The maximum absolute atomic E-state index is 12.1. The molecule has 2 atom stereocenters. The van der Waals surface area contributed by atoms with Crippen LogP contribution in [0.5, 0.6) is 0 Å². The van der Waals surface area contributed by atoms with Gasteiger partial charge in [0.25, 0.3) is 0 Å². The first kappa shape index (κ1) is 16.4. The van der Waals surface area contributed by atoms with Gasteiger partial charge in [0, 0.05) is 12.1 Å². The molecule has 0 aromatic rings. The van der Waals surface area contributed by atoms with Gasteiger partial charge in [-0.15, -0.1) is 0 Å². The van der Waals surface area contributed by atoms with E-state index in [4.69, 9.17) is 0 Å².